The molecule has 0 spiro atoms. The first-order valence-electron chi connectivity index (χ1n) is 0.770. The Balaban J connectivity index is 0. The Morgan fingerprint density at radius 1 is 1.60 bits per heavy atom. The molecule has 0 N–H and O–H groups in total. The van der Waals surface area contributed by atoms with Crippen LogP contribution in [-0.4, -0.2) is 11.6 Å². The SMILES string of the molecule is Cl[B][B]I.[V]. The molecule has 0 atom stereocenters. The van der Waals surface area contributed by atoms with Crippen LogP contribution < -0.4 is 0 Å². The maximum atomic E-state index is 5.00. The number of rotatable bonds is 1. The summed E-state index contributed by atoms with van der Waals surface area (Å²) in [4.78, 5) is 0. The van der Waals surface area contributed by atoms with E-state index in [-0.39, 0.29) is 18.6 Å². The normalized spacial score (nSPS) is 4.40. The second kappa shape index (κ2) is 9.22. The van der Waals surface area contributed by atoms with Gasteiger partial charge in [0, 0.05) is 18.6 Å². The molecule has 0 bridgehead atoms. The van der Waals surface area contributed by atoms with Crippen LogP contribution in [0.4, 0.5) is 0 Å². The van der Waals surface area contributed by atoms with E-state index in [4.69, 9.17) is 11.5 Å². The monoisotopic (exact) mass is 235 g/mol. The van der Waals surface area contributed by atoms with Crippen molar-refractivity contribution in [3.63, 3.8) is 0 Å². The summed E-state index contributed by atoms with van der Waals surface area (Å²) in [6.45, 7) is 1.46. The molecule has 0 aliphatic rings. The Hall–Kier alpha value is 1.73. The summed E-state index contributed by atoms with van der Waals surface area (Å²) >= 11 is 7.04. The van der Waals surface area contributed by atoms with Crippen molar-refractivity contribution in [3.8, 4) is 0 Å². The molecule has 0 saturated heterocycles. The van der Waals surface area contributed by atoms with Crippen molar-refractivity contribution in [3.05, 3.63) is 0 Å². The van der Waals surface area contributed by atoms with Gasteiger partial charge in [-0.25, -0.2) is 11.5 Å². The van der Waals surface area contributed by atoms with E-state index in [1.807, 2.05) is 22.4 Å². The minimum atomic E-state index is 0. The number of hydrogen-bond acceptors (Lipinski definition) is 0. The minimum absolute atomic E-state index is 0. The molecule has 0 saturated carbocycles. The molecular weight excluding hydrogens is 235 g/mol. The molecular formula is B2ClIV. The van der Waals surface area contributed by atoms with Gasteiger partial charge in [-0.2, -0.15) is 22.4 Å². The van der Waals surface area contributed by atoms with Crippen LogP contribution in [0.1, 0.15) is 0 Å². The van der Waals surface area contributed by atoms with E-state index < -0.39 is 0 Å². The first kappa shape index (κ1) is 9.88. The van der Waals surface area contributed by atoms with Gasteiger partial charge in [-0.3, -0.25) is 0 Å². The van der Waals surface area contributed by atoms with E-state index in [9.17, 15) is 0 Å². The summed E-state index contributed by atoms with van der Waals surface area (Å²) in [5.41, 5.74) is 0. The first-order chi connectivity index (χ1) is 1.91. The largest absolute Gasteiger partial charge is 0.214 e. The fourth-order valence-corrected chi connectivity index (χ4v) is 0. The maximum absolute atomic E-state index is 5.00. The number of halogens is 2. The summed E-state index contributed by atoms with van der Waals surface area (Å²) in [6.07, 6.45) is 0. The van der Waals surface area contributed by atoms with E-state index in [0.29, 0.717) is 0 Å². The van der Waals surface area contributed by atoms with E-state index in [2.05, 4.69) is 0 Å². The Kier molecular flexibility index (Phi) is 18.2. The first-order valence-corrected chi connectivity index (χ1v) is 2.45. The average Bonchev–Trinajstić information content (AvgIpc) is 1.37. The van der Waals surface area contributed by atoms with Crippen molar-refractivity contribution in [2.24, 2.45) is 0 Å². The molecule has 0 aliphatic carbocycles. The van der Waals surface area contributed by atoms with E-state index in [1.54, 1.807) is 5.03 Å². The Bertz CT molecular complexity index is 11.6. The van der Waals surface area contributed by atoms with Gasteiger partial charge in [0.2, 0.25) is 6.59 Å². The molecule has 0 fully saturated rings. The fraction of sp³-hybridized carbons (Fsp3) is 0. The Morgan fingerprint density at radius 3 is 1.80 bits per heavy atom. The van der Waals surface area contributed by atoms with Crippen LogP contribution in [0.2, 0.25) is 0 Å². The molecule has 0 aliphatic heterocycles. The van der Waals surface area contributed by atoms with Crippen molar-refractivity contribution in [1.82, 2.24) is 0 Å². The van der Waals surface area contributed by atoms with Crippen LogP contribution >= 0.6 is 33.8 Å². The third-order valence-electron chi connectivity index (χ3n) is 0.0476. The zero-order valence-corrected chi connectivity index (χ0v) is 6.67. The molecule has 0 nitrogen and oxygen atoms in total. The molecule has 25 valence electrons. The zero-order chi connectivity index (χ0) is 3.41. The van der Waals surface area contributed by atoms with Crippen molar-refractivity contribution in [2.75, 3.05) is 0 Å². The van der Waals surface area contributed by atoms with Gasteiger partial charge in [0.15, 0.2) is 5.03 Å². The summed E-state index contributed by atoms with van der Waals surface area (Å²) in [7, 11) is 0. The third-order valence-corrected chi connectivity index (χ3v) is 0.958. The third kappa shape index (κ3) is 10.7. The molecule has 0 heterocycles. The molecule has 0 amide bonds. The van der Waals surface area contributed by atoms with Crippen LogP contribution in [-0.2, 0) is 18.6 Å². The van der Waals surface area contributed by atoms with E-state index in [0.717, 1.165) is 0 Å². The van der Waals surface area contributed by atoms with E-state index in [1.165, 1.54) is 6.59 Å². The van der Waals surface area contributed by atoms with Gasteiger partial charge in [-0.15, -0.1) is 0 Å². The molecule has 0 rings (SSSR count). The van der Waals surface area contributed by atoms with E-state index >= 15 is 0 Å². The van der Waals surface area contributed by atoms with Gasteiger partial charge < -0.3 is 0 Å². The van der Waals surface area contributed by atoms with Gasteiger partial charge in [-0.1, -0.05) is 0 Å². The quantitative estimate of drug-likeness (QED) is 0.466. The van der Waals surface area contributed by atoms with Crippen molar-refractivity contribution < 1.29 is 18.6 Å². The Morgan fingerprint density at radius 2 is 1.80 bits per heavy atom. The molecule has 0 aromatic rings. The molecule has 0 aromatic heterocycles. The average molecular weight is 235 g/mol. The van der Waals surface area contributed by atoms with Crippen LogP contribution in [0.5, 0.6) is 0 Å². The minimum Gasteiger partial charge on any atom is -0.214 e. The molecule has 5 heavy (non-hydrogen) atoms. The molecule has 0 aromatic carbocycles. The van der Waals surface area contributed by atoms with Gasteiger partial charge in [0.1, 0.15) is 0 Å². The van der Waals surface area contributed by atoms with Crippen LogP contribution in [0.3, 0.4) is 0 Å². The molecule has 3 radical (unpaired) electrons. The van der Waals surface area contributed by atoms with Crippen LogP contribution in [0.15, 0.2) is 0 Å². The van der Waals surface area contributed by atoms with Crippen LogP contribution in [0.25, 0.3) is 0 Å². The molecule has 5 heteroatoms. The predicted octanol–water partition coefficient (Wildman–Crippen LogP) is 0.811. The maximum Gasteiger partial charge on any atom is 0.206 e. The Labute approximate surface area is 63.6 Å². The summed E-state index contributed by atoms with van der Waals surface area (Å²) in [6, 6.07) is 0. The fourth-order valence-electron chi connectivity index (χ4n) is 0. The van der Waals surface area contributed by atoms with Crippen LogP contribution in [0, 0.1) is 0 Å². The zero-order valence-electron chi connectivity index (χ0n) is 2.36. The standard InChI is InChI=1S/B2ClI.V/c3-1-2-4;. The summed E-state index contributed by atoms with van der Waals surface area (Å²) in [5.74, 6) is 0. The summed E-state index contributed by atoms with van der Waals surface area (Å²) in [5, 5.41) is 1.74. The molecule has 0 unspecified atom stereocenters. The van der Waals surface area contributed by atoms with Crippen molar-refractivity contribution in [1.29, 1.82) is 0 Å². The van der Waals surface area contributed by atoms with Gasteiger partial charge in [0.25, 0.3) is 0 Å². The number of hydrogen-bond donors (Lipinski definition) is 0. The summed E-state index contributed by atoms with van der Waals surface area (Å²) < 4.78 is 0. The van der Waals surface area contributed by atoms with Gasteiger partial charge >= 0.3 is 0 Å². The topological polar surface area (TPSA) is 0 Å². The van der Waals surface area contributed by atoms with Gasteiger partial charge in [0.05, 0.1) is 0 Å². The predicted molar refractivity (Wildman–Crippen MR) is 31.4 cm³/mol. The van der Waals surface area contributed by atoms with Gasteiger partial charge in [-0.05, 0) is 0 Å². The van der Waals surface area contributed by atoms with Crippen molar-refractivity contribution >= 4 is 45.4 Å². The second-order valence-corrected chi connectivity index (χ2v) is 1.22. The van der Waals surface area contributed by atoms with Crippen molar-refractivity contribution in [2.45, 2.75) is 0 Å². The smallest absolute Gasteiger partial charge is 0.206 e. The second-order valence-electron chi connectivity index (χ2n) is 0.252.